The molecule has 2 rings (SSSR count). The molecule has 0 aliphatic carbocycles. The zero-order chi connectivity index (χ0) is 11.7. The van der Waals surface area contributed by atoms with Crippen LogP contribution in [0.2, 0.25) is 0 Å². The summed E-state index contributed by atoms with van der Waals surface area (Å²) in [5, 5.41) is 8.96. The van der Waals surface area contributed by atoms with Crippen molar-refractivity contribution in [1.82, 2.24) is 0 Å². The molecule has 1 N–H and O–H groups in total. The van der Waals surface area contributed by atoms with Gasteiger partial charge < -0.3 is 10.0 Å². The van der Waals surface area contributed by atoms with Crippen LogP contribution in [0.3, 0.4) is 0 Å². The number of aromatic carboxylic acids is 1. The highest BCUT2D eigenvalue weighted by Crippen LogP contribution is 2.26. The second-order valence-electron chi connectivity index (χ2n) is 4.49. The molecule has 1 aromatic rings. The van der Waals surface area contributed by atoms with Crippen LogP contribution in [0.25, 0.3) is 0 Å². The number of carboxylic acid groups (broad SMARTS) is 1. The zero-order valence-electron chi connectivity index (χ0n) is 9.73. The molecular formula is C13H17NO2. The van der Waals surface area contributed by atoms with Crippen LogP contribution in [0.1, 0.15) is 35.7 Å². The molecule has 0 saturated carbocycles. The van der Waals surface area contributed by atoms with Gasteiger partial charge in [0.25, 0.3) is 0 Å². The predicted molar refractivity (Wildman–Crippen MR) is 64.2 cm³/mol. The quantitative estimate of drug-likeness (QED) is 0.831. The third kappa shape index (κ3) is 1.90. The van der Waals surface area contributed by atoms with E-state index in [4.69, 9.17) is 5.11 Å². The summed E-state index contributed by atoms with van der Waals surface area (Å²) in [6.45, 7) is 5.15. The summed E-state index contributed by atoms with van der Waals surface area (Å²) < 4.78 is 0. The van der Waals surface area contributed by atoms with E-state index in [9.17, 15) is 4.79 Å². The van der Waals surface area contributed by atoms with Gasteiger partial charge in [0, 0.05) is 18.3 Å². The molecule has 1 unspecified atom stereocenters. The fraction of sp³-hybridized carbons (Fsp3) is 0.462. The van der Waals surface area contributed by atoms with E-state index in [1.54, 1.807) is 6.07 Å². The van der Waals surface area contributed by atoms with Crippen molar-refractivity contribution >= 4 is 11.7 Å². The Morgan fingerprint density at radius 2 is 2.25 bits per heavy atom. The van der Waals surface area contributed by atoms with Crippen molar-refractivity contribution < 1.29 is 9.90 Å². The van der Waals surface area contributed by atoms with Crippen LogP contribution in [0, 0.1) is 6.92 Å². The number of hydrogen-bond acceptors (Lipinski definition) is 2. The molecule has 1 fully saturated rings. The molecule has 3 heteroatoms. The Bertz CT molecular complexity index is 414. The zero-order valence-corrected chi connectivity index (χ0v) is 9.73. The van der Waals surface area contributed by atoms with E-state index < -0.39 is 5.97 Å². The lowest BCUT2D eigenvalue weighted by molar-refractivity contribution is 0.0696. The maximum atomic E-state index is 10.9. The Kier molecular flexibility index (Phi) is 2.86. The number of anilines is 1. The van der Waals surface area contributed by atoms with Gasteiger partial charge in [0.15, 0.2) is 0 Å². The molecule has 3 nitrogen and oxygen atoms in total. The van der Waals surface area contributed by atoms with Gasteiger partial charge in [0.1, 0.15) is 0 Å². The van der Waals surface area contributed by atoms with E-state index in [0.29, 0.717) is 11.6 Å². The van der Waals surface area contributed by atoms with Crippen LogP contribution in [-0.4, -0.2) is 23.7 Å². The largest absolute Gasteiger partial charge is 0.478 e. The highest BCUT2D eigenvalue weighted by atomic mass is 16.4. The van der Waals surface area contributed by atoms with E-state index in [2.05, 4.69) is 11.8 Å². The molecule has 0 amide bonds. The summed E-state index contributed by atoms with van der Waals surface area (Å²) in [5.41, 5.74) is 2.38. The fourth-order valence-electron chi connectivity index (χ4n) is 2.38. The normalized spacial score (nSPS) is 20.1. The summed E-state index contributed by atoms with van der Waals surface area (Å²) in [5.74, 6) is -0.849. The van der Waals surface area contributed by atoms with Gasteiger partial charge in [-0.3, -0.25) is 0 Å². The molecule has 1 heterocycles. The Labute approximate surface area is 95.7 Å². The van der Waals surface area contributed by atoms with Gasteiger partial charge in [-0.05, 0) is 50.5 Å². The molecule has 1 saturated heterocycles. The van der Waals surface area contributed by atoms with E-state index >= 15 is 0 Å². The van der Waals surface area contributed by atoms with Gasteiger partial charge in [0.05, 0.1) is 5.56 Å². The van der Waals surface area contributed by atoms with Crippen molar-refractivity contribution in [2.24, 2.45) is 0 Å². The Morgan fingerprint density at radius 3 is 2.75 bits per heavy atom. The van der Waals surface area contributed by atoms with Crippen LogP contribution >= 0.6 is 0 Å². The number of benzene rings is 1. The first-order valence-electron chi connectivity index (χ1n) is 5.70. The molecule has 1 aliphatic rings. The topological polar surface area (TPSA) is 40.5 Å². The van der Waals surface area contributed by atoms with Crippen molar-refractivity contribution in [2.75, 3.05) is 11.4 Å². The van der Waals surface area contributed by atoms with Crippen molar-refractivity contribution in [3.05, 3.63) is 29.3 Å². The van der Waals surface area contributed by atoms with Gasteiger partial charge in [-0.2, -0.15) is 0 Å². The molecule has 0 spiro atoms. The molecule has 0 aromatic heterocycles. The first-order valence-corrected chi connectivity index (χ1v) is 5.70. The first-order chi connectivity index (χ1) is 7.59. The second-order valence-corrected chi connectivity index (χ2v) is 4.49. The van der Waals surface area contributed by atoms with Gasteiger partial charge >= 0.3 is 5.97 Å². The molecular weight excluding hydrogens is 202 g/mol. The van der Waals surface area contributed by atoms with Crippen molar-refractivity contribution in [3.8, 4) is 0 Å². The standard InChI is InChI=1S/C13H17NO2/c1-9-8-11(5-6-12(9)13(15)16)14-7-3-4-10(14)2/h5-6,8,10H,3-4,7H2,1-2H3,(H,15,16). The van der Waals surface area contributed by atoms with Gasteiger partial charge in [-0.15, -0.1) is 0 Å². The number of carboxylic acids is 1. The third-order valence-electron chi connectivity index (χ3n) is 3.33. The summed E-state index contributed by atoms with van der Waals surface area (Å²) in [6, 6.07) is 6.16. The molecule has 16 heavy (non-hydrogen) atoms. The maximum absolute atomic E-state index is 10.9. The Morgan fingerprint density at radius 1 is 1.50 bits per heavy atom. The van der Waals surface area contributed by atoms with Gasteiger partial charge in [-0.25, -0.2) is 4.79 Å². The van der Waals surface area contributed by atoms with Crippen molar-refractivity contribution in [2.45, 2.75) is 32.7 Å². The highest BCUT2D eigenvalue weighted by Gasteiger charge is 2.21. The number of hydrogen-bond donors (Lipinski definition) is 1. The van der Waals surface area contributed by atoms with Crippen LogP contribution < -0.4 is 4.90 Å². The van der Waals surface area contributed by atoms with Crippen molar-refractivity contribution in [3.63, 3.8) is 0 Å². The van der Waals surface area contributed by atoms with Gasteiger partial charge in [-0.1, -0.05) is 0 Å². The number of nitrogens with zero attached hydrogens (tertiary/aromatic N) is 1. The molecule has 86 valence electrons. The van der Waals surface area contributed by atoms with Crippen molar-refractivity contribution in [1.29, 1.82) is 0 Å². The average Bonchev–Trinajstić information content (AvgIpc) is 2.63. The number of carbonyl (C=O) groups is 1. The molecule has 0 radical (unpaired) electrons. The Hall–Kier alpha value is -1.51. The van der Waals surface area contributed by atoms with Crippen LogP contribution in [-0.2, 0) is 0 Å². The first kappa shape index (κ1) is 11.0. The molecule has 1 aliphatic heterocycles. The average molecular weight is 219 g/mol. The Balaban J connectivity index is 2.30. The van der Waals surface area contributed by atoms with Crippen LogP contribution in [0.4, 0.5) is 5.69 Å². The third-order valence-corrected chi connectivity index (χ3v) is 3.33. The predicted octanol–water partition coefficient (Wildman–Crippen LogP) is 2.68. The summed E-state index contributed by atoms with van der Waals surface area (Å²) in [6.07, 6.45) is 2.45. The summed E-state index contributed by atoms with van der Waals surface area (Å²) in [7, 11) is 0. The smallest absolute Gasteiger partial charge is 0.335 e. The molecule has 0 bridgehead atoms. The second kappa shape index (κ2) is 4.16. The van der Waals surface area contributed by atoms with Crippen LogP contribution in [0.15, 0.2) is 18.2 Å². The highest BCUT2D eigenvalue weighted by molar-refractivity contribution is 5.89. The minimum absolute atomic E-state index is 0.399. The minimum atomic E-state index is -0.849. The summed E-state index contributed by atoms with van der Waals surface area (Å²) >= 11 is 0. The lowest BCUT2D eigenvalue weighted by atomic mass is 10.1. The maximum Gasteiger partial charge on any atom is 0.335 e. The summed E-state index contributed by atoms with van der Waals surface area (Å²) in [4.78, 5) is 13.3. The lowest BCUT2D eigenvalue weighted by Crippen LogP contribution is -2.26. The van der Waals surface area contributed by atoms with Gasteiger partial charge in [0.2, 0.25) is 0 Å². The van der Waals surface area contributed by atoms with E-state index in [1.165, 1.54) is 12.8 Å². The van der Waals surface area contributed by atoms with E-state index in [1.807, 2.05) is 19.1 Å². The van der Waals surface area contributed by atoms with Crippen LogP contribution in [0.5, 0.6) is 0 Å². The van der Waals surface area contributed by atoms with E-state index in [-0.39, 0.29) is 0 Å². The number of rotatable bonds is 2. The monoisotopic (exact) mass is 219 g/mol. The lowest BCUT2D eigenvalue weighted by Gasteiger charge is -2.24. The SMILES string of the molecule is Cc1cc(N2CCCC2C)ccc1C(=O)O. The molecule has 1 atom stereocenters. The number of aryl methyl sites for hydroxylation is 1. The molecule has 1 aromatic carbocycles. The van der Waals surface area contributed by atoms with E-state index in [0.717, 1.165) is 17.8 Å². The fourth-order valence-corrected chi connectivity index (χ4v) is 2.38. The minimum Gasteiger partial charge on any atom is -0.478 e.